The molecule has 0 radical (unpaired) electrons. The van der Waals surface area contributed by atoms with Crippen LogP contribution in [-0.2, 0) is 14.3 Å². The van der Waals surface area contributed by atoms with Gasteiger partial charge in [-0.3, -0.25) is 9.59 Å². The number of para-hydroxylation sites is 1. The van der Waals surface area contributed by atoms with Crippen molar-refractivity contribution in [1.82, 2.24) is 9.47 Å². The number of aromatic nitrogens is 1. The van der Waals surface area contributed by atoms with E-state index in [1.165, 1.54) is 17.9 Å². The number of benzene rings is 1. The van der Waals surface area contributed by atoms with Crippen LogP contribution < -0.4 is 5.73 Å². The topological polar surface area (TPSA) is 128 Å². The number of amides is 1. The summed E-state index contributed by atoms with van der Waals surface area (Å²) in [6.45, 7) is 2.93. The minimum atomic E-state index is -0.712. The van der Waals surface area contributed by atoms with Crippen molar-refractivity contribution in [3.8, 4) is 11.8 Å². The number of hydrogen-bond acceptors (Lipinski definition) is 7. The molecule has 0 spiro atoms. The van der Waals surface area contributed by atoms with Crippen LogP contribution in [0.2, 0.25) is 0 Å². The molecule has 1 aromatic carbocycles. The van der Waals surface area contributed by atoms with Gasteiger partial charge in [0.1, 0.15) is 6.07 Å². The third kappa shape index (κ3) is 4.23. The van der Waals surface area contributed by atoms with Crippen LogP contribution in [0.25, 0.3) is 5.69 Å². The Kier molecular flexibility index (Phi) is 6.60. The van der Waals surface area contributed by atoms with Gasteiger partial charge in [-0.15, -0.1) is 0 Å². The summed E-state index contributed by atoms with van der Waals surface area (Å²) in [5.74, 6) is -1.40. The molecule has 3 rings (SSSR count). The zero-order valence-electron chi connectivity index (χ0n) is 17.5. The van der Waals surface area contributed by atoms with Crippen molar-refractivity contribution in [3.63, 3.8) is 0 Å². The number of rotatable bonds is 5. The van der Waals surface area contributed by atoms with Crippen LogP contribution in [0.1, 0.15) is 46.2 Å². The Balaban J connectivity index is 1.92. The molecule has 2 heterocycles. The number of esters is 2. The second-order valence-corrected chi connectivity index (χ2v) is 7.11. The Morgan fingerprint density at radius 1 is 1.23 bits per heavy atom. The summed E-state index contributed by atoms with van der Waals surface area (Å²) in [7, 11) is 1.22. The number of piperidine rings is 1. The van der Waals surface area contributed by atoms with Crippen LogP contribution in [0.3, 0.4) is 0 Å². The van der Waals surface area contributed by atoms with Gasteiger partial charge in [0, 0.05) is 19.3 Å². The standard InChI is InChI=1S/C22H24N4O5/c1-3-31-21(28)14-8-10-25(11-9-14)20(27)16-6-4-5-7-17(16)26-13-15(12-23)18(24)19(26)22(29)30-2/h4-7,13-14H,3,8-11,24H2,1-2H3. The highest BCUT2D eigenvalue weighted by Crippen LogP contribution is 2.28. The average molecular weight is 424 g/mol. The van der Waals surface area contributed by atoms with Crippen molar-refractivity contribution in [3.05, 3.63) is 47.3 Å². The number of nitrogens with zero attached hydrogens (tertiary/aromatic N) is 3. The van der Waals surface area contributed by atoms with E-state index in [0.29, 0.717) is 43.8 Å². The Labute approximate surface area is 179 Å². The molecule has 0 atom stereocenters. The van der Waals surface area contributed by atoms with Crippen molar-refractivity contribution in [2.45, 2.75) is 19.8 Å². The Hall–Kier alpha value is -3.80. The van der Waals surface area contributed by atoms with E-state index in [1.54, 1.807) is 36.1 Å². The monoisotopic (exact) mass is 424 g/mol. The lowest BCUT2D eigenvalue weighted by Gasteiger charge is -2.31. The summed E-state index contributed by atoms with van der Waals surface area (Å²) in [6, 6.07) is 8.72. The van der Waals surface area contributed by atoms with E-state index in [0.717, 1.165) is 0 Å². The van der Waals surface area contributed by atoms with Gasteiger partial charge in [-0.05, 0) is 31.9 Å². The molecule has 0 aliphatic carbocycles. The third-order valence-corrected chi connectivity index (χ3v) is 5.34. The lowest BCUT2D eigenvalue weighted by molar-refractivity contribution is -0.149. The molecule has 9 heteroatoms. The Bertz CT molecular complexity index is 1040. The smallest absolute Gasteiger partial charge is 0.357 e. The van der Waals surface area contributed by atoms with Gasteiger partial charge in [0.05, 0.1) is 42.1 Å². The molecule has 1 amide bonds. The van der Waals surface area contributed by atoms with Crippen molar-refractivity contribution in [2.24, 2.45) is 5.92 Å². The number of nitrogen functional groups attached to an aromatic ring is 1. The summed E-state index contributed by atoms with van der Waals surface area (Å²) in [5, 5.41) is 9.34. The SMILES string of the molecule is CCOC(=O)C1CCN(C(=O)c2ccccc2-n2cc(C#N)c(N)c2C(=O)OC)CC1. The minimum Gasteiger partial charge on any atom is -0.466 e. The Morgan fingerprint density at radius 2 is 1.90 bits per heavy atom. The quantitative estimate of drug-likeness (QED) is 0.728. The maximum absolute atomic E-state index is 13.3. The molecule has 0 bridgehead atoms. The summed E-state index contributed by atoms with van der Waals surface area (Å²) in [4.78, 5) is 39.3. The lowest BCUT2D eigenvalue weighted by atomic mass is 9.96. The molecule has 9 nitrogen and oxygen atoms in total. The van der Waals surface area contributed by atoms with Gasteiger partial charge in [0.15, 0.2) is 5.69 Å². The van der Waals surface area contributed by atoms with Crippen molar-refractivity contribution in [1.29, 1.82) is 5.26 Å². The summed E-state index contributed by atoms with van der Waals surface area (Å²) >= 11 is 0. The van der Waals surface area contributed by atoms with E-state index < -0.39 is 5.97 Å². The molecule has 1 aliphatic rings. The van der Waals surface area contributed by atoms with Gasteiger partial charge < -0.3 is 24.7 Å². The molecular formula is C22H24N4O5. The highest BCUT2D eigenvalue weighted by molar-refractivity contribution is 6.00. The highest BCUT2D eigenvalue weighted by atomic mass is 16.5. The predicted molar refractivity (Wildman–Crippen MR) is 111 cm³/mol. The van der Waals surface area contributed by atoms with E-state index in [9.17, 15) is 19.6 Å². The van der Waals surface area contributed by atoms with Crippen LogP contribution >= 0.6 is 0 Å². The van der Waals surface area contributed by atoms with Crippen LogP contribution in [0.5, 0.6) is 0 Å². The number of methoxy groups -OCH3 is 1. The summed E-state index contributed by atoms with van der Waals surface area (Å²) in [5.41, 5.74) is 6.83. The number of nitriles is 1. The van der Waals surface area contributed by atoms with Crippen molar-refractivity contribution < 1.29 is 23.9 Å². The molecule has 2 N–H and O–H groups in total. The normalized spacial score (nSPS) is 14.0. The fraction of sp³-hybridized carbons (Fsp3) is 0.364. The first-order chi connectivity index (χ1) is 14.9. The predicted octanol–water partition coefficient (Wildman–Crippen LogP) is 2.13. The Morgan fingerprint density at radius 3 is 2.52 bits per heavy atom. The third-order valence-electron chi connectivity index (χ3n) is 5.34. The van der Waals surface area contributed by atoms with Gasteiger partial charge in [-0.1, -0.05) is 12.1 Å². The fourth-order valence-corrected chi connectivity index (χ4v) is 3.72. The highest BCUT2D eigenvalue weighted by Gasteiger charge is 2.30. The second-order valence-electron chi connectivity index (χ2n) is 7.11. The first kappa shape index (κ1) is 21.9. The zero-order valence-corrected chi connectivity index (χ0v) is 17.5. The van der Waals surface area contributed by atoms with Gasteiger partial charge in [-0.25, -0.2) is 4.79 Å². The number of ether oxygens (including phenoxy) is 2. The van der Waals surface area contributed by atoms with E-state index in [4.69, 9.17) is 15.2 Å². The number of carbonyl (C=O) groups is 3. The van der Waals surface area contributed by atoms with E-state index in [-0.39, 0.29) is 34.7 Å². The molecule has 1 aromatic heterocycles. The van der Waals surface area contributed by atoms with E-state index in [1.807, 2.05) is 6.07 Å². The lowest BCUT2D eigenvalue weighted by Crippen LogP contribution is -2.41. The maximum Gasteiger partial charge on any atom is 0.357 e. The number of hydrogen-bond donors (Lipinski definition) is 1. The molecule has 1 fully saturated rings. The van der Waals surface area contributed by atoms with Crippen LogP contribution in [-0.4, -0.2) is 54.1 Å². The average Bonchev–Trinajstić information content (AvgIpc) is 3.14. The number of anilines is 1. The van der Waals surface area contributed by atoms with E-state index >= 15 is 0 Å². The molecular weight excluding hydrogens is 400 g/mol. The second kappa shape index (κ2) is 9.34. The fourth-order valence-electron chi connectivity index (χ4n) is 3.72. The first-order valence-electron chi connectivity index (χ1n) is 9.97. The molecule has 0 unspecified atom stereocenters. The number of nitrogens with two attached hydrogens (primary N) is 1. The number of likely N-dealkylation sites (tertiary alicyclic amines) is 1. The largest absolute Gasteiger partial charge is 0.466 e. The molecule has 1 saturated heterocycles. The maximum atomic E-state index is 13.3. The molecule has 2 aromatic rings. The van der Waals surface area contributed by atoms with Gasteiger partial charge in [-0.2, -0.15) is 5.26 Å². The molecule has 1 aliphatic heterocycles. The molecule has 31 heavy (non-hydrogen) atoms. The van der Waals surface area contributed by atoms with Crippen molar-refractivity contribution >= 4 is 23.5 Å². The number of carbonyl (C=O) groups excluding carboxylic acids is 3. The van der Waals surface area contributed by atoms with E-state index in [2.05, 4.69) is 0 Å². The zero-order chi connectivity index (χ0) is 22.5. The van der Waals surface area contributed by atoms with Crippen LogP contribution in [0.15, 0.2) is 30.5 Å². The summed E-state index contributed by atoms with van der Waals surface area (Å²) < 4.78 is 11.3. The van der Waals surface area contributed by atoms with Gasteiger partial charge in [0.25, 0.3) is 5.91 Å². The molecule has 0 saturated carbocycles. The van der Waals surface area contributed by atoms with Crippen LogP contribution in [0.4, 0.5) is 5.69 Å². The first-order valence-corrected chi connectivity index (χ1v) is 9.97. The summed E-state index contributed by atoms with van der Waals surface area (Å²) in [6.07, 6.45) is 2.46. The molecule has 162 valence electrons. The van der Waals surface area contributed by atoms with Gasteiger partial charge in [0.2, 0.25) is 0 Å². The minimum absolute atomic E-state index is 0.00754. The van der Waals surface area contributed by atoms with Crippen LogP contribution in [0, 0.1) is 17.2 Å². The van der Waals surface area contributed by atoms with Gasteiger partial charge >= 0.3 is 11.9 Å². The van der Waals surface area contributed by atoms with Crippen molar-refractivity contribution in [2.75, 3.05) is 32.5 Å².